The average Bonchev–Trinajstić information content (AvgIpc) is 2.58. The van der Waals surface area contributed by atoms with Crippen LogP contribution in [0.4, 0.5) is 0 Å². The van der Waals surface area contributed by atoms with E-state index in [0.29, 0.717) is 22.7 Å². The van der Waals surface area contributed by atoms with Crippen LogP contribution in [0, 0.1) is 6.92 Å². The molecule has 0 fully saturated rings. The first-order valence-electron chi connectivity index (χ1n) is 7.70. The van der Waals surface area contributed by atoms with E-state index in [2.05, 4.69) is 16.5 Å². The van der Waals surface area contributed by atoms with Crippen LogP contribution in [0.25, 0.3) is 6.08 Å². The van der Waals surface area contributed by atoms with Crippen LogP contribution in [0.2, 0.25) is 0 Å². The SMILES string of the molecule is C=Cc1cc(C)cc(C(=O)c2nc(OC)nc(OC)c2C(C)C)c1. The predicted molar refractivity (Wildman–Crippen MR) is 93.9 cm³/mol. The summed E-state index contributed by atoms with van der Waals surface area (Å²) in [5.74, 6) is 0.190. The van der Waals surface area contributed by atoms with Crippen molar-refractivity contribution in [2.45, 2.75) is 26.7 Å². The maximum atomic E-state index is 13.1. The van der Waals surface area contributed by atoms with Gasteiger partial charge in [-0.2, -0.15) is 9.97 Å². The van der Waals surface area contributed by atoms with Gasteiger partial charge in [0.05, 0.1) is 14.2 Å². The largest absolute Gasteiger partial charge is 0.481 e. The number of nitrogens with zero attached hydrogens (tertiary/aromatic N) is 2. The second-order valence-electron chi connectivity index (χ2n) is 5.80. The fourth-order valence-corrected chi connectivity index (χ4v) is 2.57. The van der Waals surface area contributed by atoms with Crippen molar-refractivity contribution >= 4 is 11.9 Å². The highest BCUT2D eigenvalue weighted by Gasteiger charge is 2.24. The Bertz CT molecular complexity index is 782. The van der Waals surface area contributed by atoms with Gasteiger partial charge in [-0.05, 0) is 36.1 Å². The molecule has 0 unspecified atom stereocenters. The summed E-state index contributed by atoms with van der Waals surface area (Å²) in [7, 11) is 2.98. The molecule has 126 valence electrons. The number of carbonyl (C=O) groups is 1. The number of carbonyl (C=O) groups excluding carboxylic acids is 1. The Labute approximate surface area is 142 Å². The normalized spacial score (nSPS) is 10.6. The van der Waals surface area contributed by atoms with Gasteiger partial charge in [-0.15, -0.1) is 0 Å². The molecule has 0 saturated carbocycles. The zero-order valence-corrected chi connectivity index (χ0v) is 14.7. The van der Waals surface area contributed by atoms with Gasteiger partial charge in [-0.1, -0.05) is 32.6 Å². The van der Waals surface area contributed by atoms with Crippen LogP contribution >= 0.6 is 0 Å². The molecule has 5 heteroatoms. The maximum Gasteiger partial charge on any atom is 0.320 e. The van der Waals surface area contributed by atoms with Crippen molar-refractivity contribution in [2.75, 3.05) is 14.2 Å². The molecule has 1 aromatic heterocycles. The van der Waals surface area contributed by atoms with Gasteiger partial charge in [-0.3, -0.25) is 4.79 Å². The van der Waals surface area contributed by atoms with Crippen molar-refractivity contribution in [3.8, 4) is 11.9 Å². The van der Waals surface area contributed by atoms with Crippen molar-refractivity contribution in [3.05, 3.63) is 52.7 Å². The molecule has 24 heavy (non-hydrogen) atoms. The quantitative estimate of drug-likeness (QED) is 0.756. The molecule has 0 aliphatic rings. The molecular formula is C19H22N2O3. The van der Waals surface area contributed by atoms with E-state index in [1.165, 1.54) is 14.2 Å². The minimum atomic E-state index is -0.190. The van der Waals surface area contributed by atoms with E-state index >= 15 is 0 Å². The first kappa shape index (κ1) is 17.7. The highest BCUT2D eigenvalue weighted by Crippen LogP contribution is 2.30. The van der Waals surface area contributed by atoms with Crippen LogP contribution in [-0.4, -0.2) is 30.0 Å². The molecule has 1 heterocycles. The van der Waals surface area contributed by atoms with Crippen LogP contribution in [0.5, 0.6) is 11.9 Å². The second-order valence-corrected chi connectivity index (χ2v) is 5.80. The molecule has 0 radical (unpaired) electrons. The molecule has 0 aliphatic heterocycles. The van der Waals surface area contributed by atoms with Crippen molar-refractivity contribution in [2.24, 2.45) is 0 Å². The molecule has 0 aliphatic carbocycles. The molecule has 0 amide bonds. The van der Waals surface area contributed by atoms with Crippen molar-refractivity contribution < 1.29 is 14.3 Å². The summed E-state index contributed by atoms with van der Waals surface area (Å²) in [5, 5.41) is 0. The molecule has 0 saturated heterocycles. The smallest absolute Gasteiger partial charge is 0.320 e. The van der Waals surface area contributed by atoms with Crippen molar-refractivity contribution in [3.63, 3.8) is 0 Å². The number of benzene rings is 1. The van der Waals surface area contributed by atoms with Gasteiger partial charge < -0.3 is 9.47 Å². The zero-order valence-electron chi connectivity index (χ0n) is 14.7. The van der Waals surface area contributed by atoms with E-state index in [1.807, 2.05) is 32.9 Å². The molecule has 2 rings (SSSR count). The van der Waals surface area contributed by atoms with Crippen LogP contribution in [-0.2, 0) is 0 Å². The number of methoxy groups -OCH3 is 2. The molecule has 0 spiro atoms. The Morgan fingerprint density at radius 3 is 2.42 bits per heavy atom. The summed E-state index contributed by atoms with van der Waals surface area (Å²) in [6.45, 7) is 9.64. The fraction of sp³-hybridized carbons (Fsp3) is 0.316. The van der Waals surface area contributed by atoms with Crippen LogP contribution < -0.4 is 9.47 Å². The van der Waals surface area contributed by atoms with Gasteiger partial charge in [0, 0.05) is 11.1 Å². The molecular weight excluding hydrogens is 304 g/mol. The number of ketones is 1. The van der Waals surface area contributed by atoms with Gasteiger partial charge in [0.2, 0.25) is 11.7 Å². The summed E-state index contributed by atoms with van der Waals surface area (Å²) in [6.07, 6.45) is 1.72. The Morgan fingerprint density at radius 2 is 1.88 bits per heavy atom. The number of ether oxygens (including phenoxy) is 2. The molecule has 2 aromatic rings. The summed E-state index contributed by atoms with van der Waals surface area (Å²) >= 11 is 0. The first-order valence-corrected chi connectivity index (χ1v) is 7.70. The summed E-state index contributed by atoms with van der Waals surface area (Å²) in [6, 6.07) is 5.71. The van der Waals surface area contributed by atoms with Gasteiger partial charge >= 0.3 is 6.01 Å². The second kappa shape index (κ2) is 7.25. The number of rotatable bonds is 6. The zero-order chi connectivity index (χ0) is 17.9. The van der Waals surface area contributed by atoms with E-state index in [-0.39, 0.29) is 17.7 Å². The maximum absolute atomic E-state index is 13.1. The van der Waals surface area contributed by atoms with Crippen molar-refractivity contribution in [1.82, 2.24) is 9.97 Å². The van der Waals surface area contributed by atoms with E-state index in [9.17, 15) is 4.79 Å². The van der Waals surface area contributed by atoms with Crippen LogP contribution in [0.3, 0.4) is 0 Å². The third-order valence-electron chi connectivity index (χ3n) is 3.66. The lowest BCUT2D eigenvalue weighted by Gasteiger charge is -2.16. The van der Waals surface area contributed by atoms with Gasteiger partial charge in [0.25, 0.3) is 0 Å². The highest BCUT2D eigenvalue weighted by molar-refractivity contribution is 6.09. The Kier molecular flexibility index (Phi) is 5.34. The summed E-state index contributed by atoms with van der Waals surface area (Å²) < 4.78 is 10.5. The fourth-order valence-electron chi connectivity index (χ4n) is 2.57. The summed E-state index contributed by atoms with van der Waals surface area (Å²) in [4.78, 5) is 21.6. The third kappa shape index (κ3) is 3.45. The minimum absolute atomic E-state index is 0.0218. The lowest BCUT2D eigenvalue weighted by Crippen LogP contribution is -2.14. The number of aryl methyl sites for hydroxylation is 1. The van der Waals surface area contributed by atoms with Gasteiger partial charge in [0.15, 0.2) is 0 Å². The van der Waals surface area contributed by atoms with Crippen molar-refractivity contribution in [1.29, 1.82) is 0 Å². The minimum Gasteiger partial charge on any atom is -0.481 e. The number of hydrogen-bond donors (Lipinski definition) is 0. The van der Waals surface area contributed by atoms with E-state index in [1.54, 1.807) is 12.1 Å². The molecule has 1 aromatic carbocycles. The topological polar surface area (TPSA) is 61.3 Å². The molecule has 0 bridgehead atoms. The molecule has 5 nitrogen and oxygen atoms in total. The average molecular weight is 326 g/mol. The number of hydrogen-bond acceptors (Lipinski definition) is 5. The Balaban J connectivity index is 2.68. The highest BCUT2D eigenvalue weighted by atomic mass is 16.5. The van der Waals surface area contributed by atoms with E-state index in [4.69, 9.17) is 9.47 Å². The van der Waals surface area contributed by atoms with Gasteiger partial charge in [-0.25, -0.2) is 0 Å². The molecule has 0 N–H and O–H groups in total. The predicted octanol–water partition coefficient (Wildman–Crippen LogP) is 3.80. The standard InChI is InChI=1S/C19H22N2O3/c1-7-13-8-12(4)9-14(10-13)17(22)16-15(11(2)3)18(23-5)21-19(20-16)24-6/h7-11H,1H2,2-6H3. The first-order chi connectivity index (χ1) is 11.4. The Morgan fingerprint density at radius 1 is 1.17 bits per heavy atom. The lowest BCUT2D eigenvalue weighted by atomic mass is 9.95. The third-order valence-corrected chi connectivity index (χ3v) is 3.66. The van der Waals surface area contributed by atoms with E-state index in [0.717, 1.165) is 11.1 Å². The monoisotopic (exact) mass is 326 g/mol. The van der Waals surface area contributed by atoms with Crippen LogP contribution in [0.15, 0.2) is 24.8 Å². The van der Waals surface area contributed by atoms with Gasteiger partial charge in [0.1, 0.15) is 5.69 Å². The molecule has 0 atom stereocenters. The summed E-state index contributed by atoms with van der Waals surface area (Å²) in [5.41, 5.74) is 3.39. The van der Waals surface area contributed by atoms with E-state index < -0.39 is 0 Å². The number of aromatic nitrogens is 2. The van der Waals surface area contributed by atoms with Crippen LogP contribution in [0.1, 0.15) is 52.5 Å². The lowest BCUT2D eigenvalue weighted by molar-refractivity contribution is 0.103. The Hall–Kier alpha value is -2.69.